The number of nitrogens with two attached hydrogens (primary N) is 1. The maximum Gasteiger partial charge on any atom is 0.145 e. The van der Waals surface area contributed by atoms with Crippen LogP contribution in [0, 0.1) is 11.8 Å². The first-order valence-electron chi connectivity index (χ1n) is 14.0. The third kappa shape index (κ3) is 4.89. The van der Waals surface area contributed by atoms with Gasteiger partial charge in [0.2, 0.25) is 0 Å². The number of halogens is 2. The lowest BCUT2D eigenvalue weighted by Gasteiger charge is -2.36. The number of imidazole rings is 1. The van der Waals surface area contributed by atoms with Crippen molar-refractivity contribution in [3.63, 3.8) is 0 Å². The van der Waals surface area contributed by atoms with Crippen LogP contribution in [0.2, 0.25) is 5.02 Å². The summed E-state index contributed by atoms with van der Waals surface area (Å²) in [5.74, 6) is 2.94. The number of rotatable bonds is 9. The molecule has 2 aliphatic carbocycles. The Labute approximate surface area is 227 Å². The van der Waals surface area contributed by atoms with Gasteiger partial charge in [0, 0.05) is 35.3 Å². The average molecular weight is 538 g/mol. The number of aromatic nitrogens is 5. The van der Waals surface area contributed by atoms with Gasteiger partial charge in [-0.25, -0.2) is 19.3 Å². The molecule has 0 bridgehead atoms. The Bertz CT molecular complexity index is 1440. The monoisotopic (exact) mass is 537 g/mol. The molecule has 2 saturated carbocycles. The van der Waals surface area contributed by atoms with E-state index in [2.05, 4.69) is 31.0 Å². The first kappa shape index (κ1) is 25.6. The lowest BCUT2D eigenvalue weighted by Crippen LogP contribution is -2.43. The molecule has 9 heteroatoms. The Morgan fingerprint density at radius 2 is 2.05 bits per heavy atom. The van der Waals surface area contributed by atoms with Gasteiger partial charge in [-0.1, -0.05) is 18.5 Å². The second-order valence-electron chi connectivity index (χ2n) is 11.6. The highest BCUT2D eigenvalue weighted by Gasteiger charge is 2.32. The number of nitrogen functional groups attached to an aromatic ring is 1. The molecule has 0 spiro atoms. The van der Waals surface area contributed by atoms with Gasteiger partial charge in [-0.05, 0) is 88.4 Å². The summed E-state index contributed by atoms with van der Waals surface area (Å²) in [5.41, 5.74) is 7.74. The van der Waals surface area contributed by atoms with Crippen molar-refractivity contribution in [1.29, 1.82) is 0 Å². The number of hydrogen-bond donors (Lipinski definition) is 3. The molecule has 3 unspecified atom stereocenters. The van der Waals surface area contributed by atoms with Gasteiger partial charge >= 0.3 is 0 Å². The summed E-state index contributed by atoms with van der Waals surface area (Å²) in [6.07, 6.45) is 12.1. The molecule has 1 aromatic carbocycles. The molecule has 0 radical (unpaired) electrons. The van der Waals surface area contributed by atoms with Gasteiger partial charge in [-0.3, -0.25) is 0 Å². The number of nitrogens with zero attached hydrogens (tertiary/aromatic N) is 4. The molecule has 4 N–H and O–H groups in total. The number of alkyl halides is 1. The highest BCUT2D eigenvalue weighted by Crippen LogP contribution is 2.39. The van der Waals surface area contributed by atoms with Crippen LogP contribution in [-0.2, 0) is 12.1 Å². The highest BCUT2D eigenvalue weighted by atomic mass is 35.5. The predicted molar refractivity (Wildman–Crippen MR) is 151 cm³/mol. The molecule has 2 aliphatic rings. The summed E-state index contributed by atoms with van der Waals surface area (Å²) in [7, 11) is 0. The Morgan fingerprint density at radius 3 is 2.87 bits per heavy atom. The number of anilines is 1. The first-order valence-corrected chi connectivity index (χ1v) is 14.4. The Kier molecular flexibility index (Phi) is 6.80. The number of hydrogen-bond acceptors (Lipinski definition) is 5. The standard InChI is InChI=1S/C29H37ClFN7/c1-3-29(2,31)22-13-24-25(14-23(22)30)37-26(36-24)7-5-17-10-19(11-17)33-15-18-4-6-20(12-18)38-9-8-21-27(32)34-16-35-28(21)38/h8-9,13-14,16-20,33H,3-7,10-12,15H2,1-2H3,(H,36,37)(H2,32,34,35). The first-order chi connectivity index (χ1) is 18.3. The molecule has 0 aliphatic heterocycles. The maximum atomic E-state index is 14.9. The minimum absolute atomic E-state index is 0.382. The van der Waals surface area contributed by atoms with Crippen LogP contribution in [-0.4, -0.2) is 37.1 Å². The van der Waals surface area contributed by atoms with Crippen molar-refractivity contribution < 1.29 is 4.39 Å². The lowest BCUT2D eigenvalue weighted by atomic mass is 9.77. The van der Waals surface area contributed by atoms with Crippen LogP contribution in [0.5, 0.6) is 0 Å². The van der Waals surface area contributed by atoms with E-state index in [1.165, 1.54) is 32.1 Å². The normalized spacial score (nSPS) is 25.2. The van der Waals surface area contributed by atoms with Gasteiger partial charge < -0.3 is 20.6 Å². The SMILES string of the molecule is CCC(C)(F)c1cc2[nH]c(CCC3CC(NCC4CCC(n5ccc6c(N)ncnc65)C4)C3)nc2cc1Cl. The van der Waals surface area contributed by atoms with Crippen LogP contribution in [0.15, 0.2) is 30.7 Å². The van der Waals surface area contributed by atoms with Crippen LogP contribution >= 0.6 is 11.6 Å². The van der Waals surface area contributed by atoms with E-state index in [1.54, 1.807) is 19.3 Å². The van der Waals surface area contributed by atoms with Gasteiger partial charge in [0.1, 0.15) is 29.3 Å². The largest absolute Gasteiger partial charge is 0.383 e. The quantitative estimate of drug-likeness (QED) is 0.227. The molecule has 0 amide bonds. The molecule has 2 fully saturated rings. The number of aryl methyl sites for hydroxylation is 1. The van der Waals surface area contributed by atoms with Crippen LogP contribution in [0.25, 0.3) is 22.1 Å². The molecular formula is C29H37ClFN7. The zero-order chi connectivity index (χ0) is 26.4. The van der Waals surface area contributed by atoms with Crippen molar-refractivity contribution in [2.45, 2.75) is 83.0 Å². The zero-order valence-electron chi connectivity index (χ0n) is 22.2. The van der Waals surface area contributed by atoms with Gasteiger partial charge in [0.05, 0.1) is 16.4 Å². The molecule has 3 aromatic heterocycles. The fourth-order valence-electron chi connectivity index (χ4n) is 6.38. The Hall–Kier alpha value is -2.71. The molecule has 202 valence electrons. The molecule has 4 aromatic rings. The van der Waals surface area contributed by atoms with Crippen molar-refractivity contribution in [1.82, 2.24) is 29.8 Å². The third-order valence-electron chi connectivity index (χ3n) is 9.01. The summed E-state index contributed by atoms with van der Waals surface area (Å²) in [4.78, 5) is 16.7. The van der Waals surface area contributed by atoms with Crippen LogP contribution in [0.1, 0.15) is 76.2 Å². The van der Waals surface area contributed by atoms with Crippen LogP contribution < -0.4 is 11.1 Å². The Morgan fingerprint density at radius 1 is 1.21 bits per heavy atom. The third-order valence-corrected chi connectivity index (χ3v) is 9.33. The summed E-state index contributed by atoms with van der Waals surface area (Å²) >= 11 is 6.38. The molecular weight excluding hydrogens is 501 g/mol. The molecule has 7 nitrogen and oxygen atoms in total. The van der Waals surface area contributed by atoms with E-state index >= 15 is 0 Å². The Balaban J connectivity index is 0.956. The molecule has 3 atom stereocenters. The molecule has 3 heterocycles. The van der Waals surface area contributed by atoms with Crippen molar-refractivity contribution in [2.24, 2.45) is 11.8 Å². The maximum absolute atomic E-state index is 14.9. The van der Waals surface area contributed by atoms with E-state index < -0.39 is 5.67 Å². The van der Waals surface area contributed by atoms with E-state index in [0.717, 1.165) is 53.2 Å². The fraction of sp³-hybridized carbons (Fsp3) is 0.552. The smallest absolute Gasteiger partial charge is 0.145 e. The number of aromatic amines is 1. The number of H-pyrrole nitrogens is 1. The van der Waals surface area contributed by atoms with Gasteiger partial charge in [0.15, 0.2) is 0 Å². The zero-order valence-corrected chi connectivity index (χ0v) is 22.9. The van der Waals surface area contributed by atoms with E-state index in [1.807, 2.05) is 19.1 Å². The topological polar surface area (TPSA) is 97.4 Å². The summed E-state index contributed by atoms with van der Waals surface area (Å²) < 4.78 is 17.2. The second kappa shape index (κ2) is 10.1. The summed E-state index contributed by atoms with van der Waals surface area (Å²) in [6.45, 7) is 4.50. The minimum Gasteiger partial charge on any atom is -0.383 e. The van der Waals surface area contributed by atoms with Crippen LogP contribution in [0.4, 0.5) is 10.2 Å². The highest BCUT2D eigenvalue weighted by molar-refractivity contribution is 6.32. The number of fused-ring (bicyclic) bond motifs is 2. The molecule has 6 rings (SSSR count). The van der Waals surface area contributed by atoms with Gasteiger partial charge in [-0.15, -0.1) is 0 Å². The molecule has 38 heavy (non-hydrogen) atoms. The average Bonchev–Trinajstić information content (AvgIpc) is 3.60. The van der Waals surface area contributed by atoms with Crippen molar-refractivity contribution in [3.05, 3.63) is 47.1 Å². The van der Waals surface area contributed by atoms with Crippen molar-refractivity contribution >= 4 is 39.5 Å². The number of benzene rings is 1. The van der Waals surface area contributed by atoms with Crippen LogP contribution in [0.3, 0.4) is 0 Å². The predicted octanol–water partition coefficient (Wildman–Crippen LogP) is 6.48. The fourth-order valence-corrected chi connectivity index (χ4v) is 6.73. The second-order valence-corrected chi connectivity index (χ2v) is 12.0. The minimum atomic E-state index is -1.44. The van der Waals surface area contributed by atoms with Gasteiger partial charge in [0.25, 0.3) is 0 Å². The lowest BCUT2D eigenvalue weighted by molar-refractivity contribution is 0.186. The van der Waals surface area contributed by atoms with E-state index in [0.29, 0.717) is 40.8 Å². The summed E-state index contributed by atoms with van der Waals surface area (Å²) in [5, 5.41) is 5.22. The van der Waals surface area contributed by atoms with Crippen molar-refractivity contribution in [2.75, 3.05) is 12.3 Å². The summed E-state index contributed by atoms with van der Waals surface area (Å²) in [6, 6.07) is 6.76. The van der Waals surface area contributed by atoms with Gasteiger partial charge in [-0.2, -0.15) is 0 Å². The molecule has 0 saturated heterocycles. The van der Waals surface area contributed by atoms with Crippen molar-refractivity contribution in [3.8, 4) is 0 Å². The van der Waals surface area contributed by atoms with E-state index in [-0.39, 0.29) is 0 Å². The van der Waals surface area contributed by atoms with E-state index in [4.69, 9.17) is 22.3 Å². The number of nitrogens with one attached hydrogen (secondary N) is 2. The van der Waals surface area contributed by atoms with E-state index in [9.17, 15) is 4.39 Å².